The van der Waals surface area contributed by atoms with Crippen molar-refractivity contribution in [3.63, 3.8) is 0 Å². The number of halogens is 1. The van der Waals surface area contributed by atoms with E-state index in [0.717, 1.165) is 19.4 Å². The number of nitrogens with zero attached hydrogens (tertiary/aromatic N) is 2. The third-order valence-corrected chi connectivity index (χ3v) is 3.65. The fraction of sp³-hybridized carbons (Fsp3) is 0.467. The van der Waals surface area contributed by atoms with Crippen molar-refractivity contribution >= 4 is 0 Å². The number of hydrogen-bond donors (Lipinski definition) is 1. The molecular formula is C15H18FN3O2. The number of ether oxygens (including phenoxy) is 1. The molecule has 2 aromatic rings. The van der Waals surface area contributed by atoms with Crippen LogP contribution in [0.5, 0.6) is 5.75 Å². The van der Waals surface area contributed by atoms with Crippen LogP contribution in [0.3, 0.4) is 0 Å². The van der Waals surface area contributed by atoms with Gasteiger partial charge in [-0.05, 0) is 38.4 Å². The molecule has 1 aromatic carbocycles. The van der Waals surface area contributed by atoms with Crippen LogP contribution in [0.2, 0.25) is 0 Å². The van der Waals surface area contributed by atoms with Gasteiger partial charge in [-0.2, -0.15) is 4.98 Å². The average Bonchev–Trinajstić information content (AvgIpc) is 2.95. The Hall–Kier alpha value is -1.95. The summed E-state index contributed by atoms with van der Waals surface area (Å²) in [4.78, 5) is 4.36. The summed E-state index contributed by atoms with van der Waals surface area (Å²) in [5, 5.41) is 7.29. The van der Waals surface area contributed by atoms with Crippen LogP contribution >= 0.6 is 0 Å². The summed E-state index contributed by atoms with van der Waals surface area (Å²) in [6, 6.07) is 6.72. The highest BCUT2D eigenvalue weighted by molar-refractivity contribution is 5.23. The van der Waals surface area contributed by atoms with Crippen LogP contribution in [-0.2, 0) is 6.61 Å². The highest BCUT2D eigenvalue weighted by atomic mass is 19.1. The summed E-state index contributed by atoms with van der Waals surface area (Å²) < 4.78 is 24.1. The summed E-state index contributed by atoms with van der Waals surface area (Å²) in [6.07, 6.45) is 1.97. The zero-order chi connectivity index (χ0) is 14.7. The van der Waals surface area contributed by atoms with Crippen LogP contribution < -0.4 is 10.1 Å². The van der Waals surface area contributed by atoms with Crippen molar-refractivity contribution in [1.29, 1.82) is 0 Å². The molecule has 1 aliphatic heterocycles. The first-order valence-electron chi connectivity index (χ1n) is 7.15. The van der Waals surface area contributed by atoms with Crippen molar-refractivity contribution in [3.05, 3.63) is 41.8 Å². The molecule has 0 saturated carbocycles. The largest absolute Gasteiger partial charge is 0.482 e. The zero-order valence-corrected chi connectivity index (χ0v) is 11.9. The van der Waals surface area contributed by atoms with Crippen molar-refractivity contribution in [1.82, 2.24) is 15.5 Å². The minimum absolute atomic E-state index is 0.102. The molecule has 1 N–H and O–H groups in total. The number of rotatable bonds is 4. The number of benzene rings is 1. The SMILES string of the molecule is C[C@H]1C[C@@H](c2nc(COc3ccccc3F)no2)CCN1. The first kappa shape index (κ1) is 14.0. The van der Waals surface area contributed by atoms with Crippen molar-refractivity contribution in [3.8, 4) is 5.75 Å². The Morgan fingerprint density at radius 3 is 3.10 bits per heavy atom. The molecule has 6 heteroatoms. The molecule has 0 spiro atoms. The lowest BCUT2D eigenvalue weighted by Gasteiger charge is -2.25. The first-order chi connectivity index (χ1) is 10.2. The van der Waals surface area contributed by atoms with Gasteiger partial charge in [-0.3, -0.25) is 0 Å². The molecule has 0 aliphatic carbocycles. The van der Waals surface area contributed by atoms with E-state index in [9.17, 15) is 4.39 Å². The van der Waals surface area contributed by atoms with Gasteiger partial charge in [-0.15, -0.1) is 0 Å². The van der Waals surface area contributed by atoms with E-state index in [-0.39, 0.29) is 18.3 Å². The maximum atomic E-state index is 13.4. The van der Waals surface area contributed by atoms with Gasteiger partial charge in [-0.1, -0.05) is 17.3 Å². The third kappa shape index (κ3) is 3.39. The number of para-hydroxylation sites is 1. The third-order valence-electron chi connectivity index (χ3n) is 3.65. The molecular weight excluding hydrogens is 273 g/mol. The minimum Gasteiger partial charge on any atom is -0.482 e. The molecule has 0 amide bonds. The van der Waals surface area contributed by atoms with Crippen LogP contribution in [0.4, 0.5) is 4.39 Å². The van der Waals surface area contributed by atoms with Crippen LogP contribution in [0.1, 0.15) is 37.4 Å². The van der Waals surface area contributed by atoms with Gasteiger partial charge in [0, 0.05) is 12.0 Å². The van der Waals surface area contributed by atoms with E-state index in [1.807, 2.05) is 0 Å². The molecule has 2 atom stereocenters. The summed E-state index contributed by atoms with van der Waals surface area (Å²) in [5.74, 6) is 1.18. The van der Waals surface area contributed by atoms with Gasteiger partial charge in [0.2, 0.25) is 11.7 Å². The Labute approximate surface area is 122 Å². The van der Waals surface area contributed by atoms with Crippen LogP contribution in [0.15, 0.2) is 28.8 Å². The summed E-state index contributed by atoms with van der Waals surface area (Å²) >= 11 is 0. The molecule has 112 valence electrons. The maximum absolute atomic E-state index is 13.4. The molecule has 0 radical (unpaired) electrons. The quantitative estimate of drug-likeness (QED) is 0.938. The van der Waals surface area contributed by atoms with Gasteiger partial charge in [0.25, 0.3) is 0 Å². The van der Waals surface area contributed by atoms with E-state index in [1.54, 1.807) is 18.2 Å². The summed E-state index contributed by atoms with van der Waals surface area (Å²) in [6.45, 7) is 3.20. The number of nitrogens with one attached hydrogen (secondary N) is 1. The predicted molar refractivity (Wildman–Crippen MR) is 74.5 cm³/mol. The molecule has 21 heavy (non-hydrogen) atoms. The molecule has 0 unspecified atom stereocenters. The lowest BCUT2D eigenvalue weighted by Crippen LogP contribution is -2.34. The van der Waals surface area contributed by atoms with E-state index < -0.39 is 5.82 Å². The molecule has 2 heterocycles. The maximum Gasteiger partial charge on any atom is 0.229 e. The Morgan fingerprint density at radius 1 is 1.43 bits per heavy atom. The number of piperidine rings is 1. The topological polar surface area (TPSA) is 60.2 Å². The molecule has 1 saturated heterocycles. The molecule has 1 aromatic heterocycles. The van der Waals surface area contributed by atoms with Gasteiger partial charge in [0.05, 0.1) is 0 Å². The second-order valence-corrected chi connectivity index (χ2v) is 5.34. The molecule has 1 fully saturated rings. The summed E-state index contributed by atoms with van der Waals surface area (Å²) in [7, 11) is 0. The second kappa shape index (κ2) is 6.22. The molecule has 3 rings (SSSR count). The lowest BCUT2D eigenvalue weighted by molar-refractivity contribution is 0.267. The monoisotopic (exact) mass is 291 g/mol. The summed E-state index contributed by atoms with van der Waals surface area (Å²) in [5.41, 5.74) is 0. The molecule has 5 nitrogen and oxygen atoms in total. The second-order valence-electron chi connectivity index (χ2n) is 5.34. The number of hydrogen-bond acceptors (Lipinski definition) is 5. The molecule has 0 bridgehead atoms. The normalized spacial score (nSPS) is 22.2. The van der Waals surface area contributed by atoms with Crippen molar-refractivity contribution in [2.24, 2.45) is 0 Å². The fourth-order valence-corrected chi connectivity index (χ4v) is 2.55. The highest BCUT2D eigenvalue weighted by Gasteiger charge is 2.25. The Kier molecular flexibility index (Phi) is 4.15. The Bertz CT molecular complexity index is 602. The van der Waals surface area contributed by atoms with Crippen LogP contribution in [-0.4, -0.2) is 22.7 Å². The highest BCUT2D eigenvalue weighted by Crippen LogP contribution is 2.26. The van der Waals surface area contributed by atoms with Crippen LogP contribution in [0.25, 0.3) is 0 Å². The fourth-order valence-electron chi connectivity index (χ4n) is 2.55. The smallest absolute Gasteiger partial charge is 0.229 e. The van der Waals surface area contributed by atoms with Crippen molar-refractivity contribution in [2.75, 3.05) is 6.54 Å². The average molecular weight is 291 g/mol. The Morgan fingerprint density at radius 2 is 2.29 bits per heavy atom. The van der Waals surface area contributed by atoms with Gasteiger partial charge in [0.1, 0.15) is 0 Å². The zero-order valence-electron chi connectivity index (χ0n) is 11.9. The van der Waals surface area contributed by atoms with Crippen molar-refractivity contribution in [2.45, 2.75) is 38.3 Å². The lowest BCUT2D eigenvalue weighted by atomic mass is 9.93. The first-order valence-corrected chi connectivity index (χ1v) is 7.15. The van der Waals surface area contributed by atoms with Gasteiger partial charge in [-0.25, -0.2) is 4.39 Å². The van der Waals surface area contributed by atoms with Gasteiger partial charge in [0.15, 0.2) is 18.2 Å². The standard InChI is InChI=1S/C15H18FN3O2/c1-10-8-11(6-7-17-10)15-18-14(19-21-15)9-20-13-5-3-2-4-12(13)16/h2-5,10-11,17H,6-9H2,1H3/t10-,11-/m0/s1. The Balaban J connectivity index is 1.61. The predicted octanol–water partition coefficient (Wildman–Crippen LogP) is 2.64. The van der Waals surface area contributed by atoms with E-state index in [2.05, 4.69) is 22.4 Å². The van der Waals surface area contributed by atoms with Gasteiger partial charge < -0.3 is 14.6 Å². The van der Waals surface area contributed by atoms with Crippen LogP contribution in [0, 0.1) is 5.82 Å². The van der Waals surface area contributed by atoms with E-state index in [1.165, 1.54) is 6.07 Å². The number of aromatic nitrogens is 2. The van der Waals surface area contributed by atoms with Crippen molar-refractivity contribution < 1.29 is 13.7 Å². The molecule has 1 aliphatic rings. The van der Waals surface area contributed by atoms with E-state index >= 15 is 0 Å². The van der Waals surface area contributed by atoms with Gasteiger partial charge >= 0.3 is 0 Å². The van der Waals surface area contributed by atoms with E-state index in [0.29, 0.717) is 17.8 Å². The van der Waals surface area contributed by atoms with E-state index in [4.69, 9.17) is 9.26 Å². The minimum atomic E-state index is -0.395.